The summed E-state index contributed by atoms with van der Waals surface area (Å²) in [6.45, 7) is 0.833. The van der Waals surface area contributed by atoms with E-state index in [1.165, 1.54) is 12.1 Å². The molecule has 2 N–H and O–H groups in total. The van der Waals surface area contributed by atoms with Crippen LogP contribution in [0.4, 0.5) is 5.69 Å². The zero-order valence-electron chi connectivity index (χ0n) is 8.20. The van der Waals surface area contributed by atoms with Gasteiger partial charge in [0.2, 0.25) is 0 Å². The first-order valence-electron chi connectivity index (χ1n) is 4.61. The van der Waals surface area contributed by atoms with E-state index >= 15 is 0 Å². The normalized spacial score (nSPS) is 15.6. The molecule has 0 amide bonds. The third kappa shape index (κ3) is 2.24. The summed E-state index contributed by atoms with van der Waals surface area (Å²) in [5.41, 5.74) is 6.03. The summed E-state index contributed by atoms with van der Waals surface area (Å²) in [5, 5.41) is 0.584. The van der Waals surface area contributed by atoms with E-state index in [1.54, 1.807) is 0 Å². The van der Waals surface area contributed by atoms with E-state index in [4.69, 9.17) is 38.4 Å². The minimum Gasteiger partial charge on any atom is -0.454 e. The molecule has 6 heteroatoms. The topological polar surface area (TPSA) is 61.6 Å². The molecule has 0 bridgehead atoms. The summed E-state index contributed by atoms with van der Waals surface area (Å²) in [5.74, 6) is -0.532. The van der Waals surface area contributed by atoms with Crippen molar-refractivity contribution in [1.82, 2.24) is 0 Å². The van der Waals surface area contributed by atoms with Crippen LogP contribution in [0.25, 0.3) is 0 Å². The lowest BCUT2D eigenvalue weighted by Gasteiger charge is -2.25. The molecule has 0 aromatic heterocycles. The van der Waals surface area contributed by atoms with Crippen molar-refractivity contribution in [3.05, 3.63) is 27.7 Å². The highest BCUT2D eigenvalue weighted by atomic mass is 35.5. The highest BCUT2D eigenvalue weighted by Crippen LogP contribution is 2.28. The summed E-state index contributed by atoms with van der Waals surface area (Å²) in [6.07, 6.45) is -0.204. The first-order valence-corrected chi connectivity index (χ1v) is 5.37. The summed E-state index contributed by atoms with van der Waals surface area (Å²) in [4.78, 5) is 11.7. The van der Waals surface area contributed by atoms with E-state index in [2.05, 4.69) is 0 Å². The first-order chi connectivity index (χ1) is 7.58. The fraction of sp³-hybridized carbons (Fsp3) is 0.300. The van der Waals surface area contributed by atoms with Gasteiger partial charge in [-0.05, 0) is 12.1 Å². The lowest BCUT2D eigenvalue weighted by atomic mass is 10.2. The van der Waals surface area contributed by atoms with Crippen molar-refractivity contribution in [3.63, 3.8) is 0 Å². The number of nitrogen functional groups attached to an aromatic ring is 1. The maximum atomic E-state index is 11.7. The molecule has 0 radical (unpaired) electrons. The summed E-state index contributed by atoms with van der Waals surface area (Å²) in [7, 11) is 0. The second-order valence-corrected chi connectivity index (χ2v) is 4.26. The second kappa shape index (κ2) is 4.49. The van der Waals surface area contributed by atoms with Crippen molar-refractivity contribution in [2.45, 2.75) is 6.10 Å². The zero-order chi connectivity index (χ0) is 11.7. The molecule has 0 unspecified atom stereocenters. The van der Waals surface area contributed by atoms with Crippen molar-refractivity contribution in [1.29, 1.82) is 0 Å². The largest absolute Gasteiger partial charge is 0.454 e. The molecule has 2 rings (SSSR count). The van der Waals surface area contributed by atoms with Gasteiger partial charge in [-0.25, -0.2) is 4.79 Å². The smallest absolute Gasteiger partial charge is 0.340 e. The van der Waals surface area contributed by atoms with Crippen molar-refractivity contribution < 1.29 is 14.3 Å². The Labute approximate surface area is 102 Å². The predicted molar refractivity (Wildman–Crippen MR) is 60.9 cm³/mol. The minimum atomic E-state index is -0.532. The van der Waals surface area contributed by atoms with Crippen LogP contribution in [0.15, 0.2) is 12.1 Å². The number of anilines is 1. The molecule has 1 saturated heterocycles. The molecular weight excluding hydrogens is 253 g/mol. The Morgan fingerprint density at radius 1 is 1.44 bits per heavy atom. The predicted octanol–water partition coefficient (Wildman–Crippen LogP) is 2.13. The Bertz CT molecular complexity index is 432. The molecule has 1 aliphatic rings. The van der Waals surface area contributed by atoms with Crippen LogP contribution in [0.3, 0.4) is 0 Å². The van der Waals surface area contributed by atoms with E-state index in [1.807, 2.05) is 0 Å². The number of ether oxygens (including phenoxy) is 2. The van der Waals surface area contributed by atoms with Gasteiger partial charge in [-0.2, -0.15) is 0 Å². The van der Waals surface area contributed by atoms with Gasteiger partial charge in [0.05, 0.1) is 29.5 Å². The van der Waals surface area contributed by atoms with Gasteiger partial charge in [0.15, 0.2) is 0 Å². The van der Waals surface area contributed by atoms with Crippen molar-refractivity contribution in [2.24, 2.45) is 0 Å². The van der Waals surface area contributed by atoms with Crippen molar-refractivity contribution in [3.8, 4) is 0 Å². The summed E-state index contributed by atoms with van der Waals surface area (Å²) < 4.78 is 9.99. The Morgan fingerprint density at radius 2 is 2.12 bits per heavy atom. The molecule has 1 heterocycles. The Morgan fingerprint density at radius 3 is 2.69 bits per heavy atom. The van der Waals surface area contributed by atoms with Crippen LogP contribution in [-0.4, -0.2) is 25.3 Å². The standard InChI is InChI=1S/C10H9Cl2NO3/c11-5-1-7(9(13)8(12)2-5)10(14)16-6-3-15-4-6/h1-2,6H,3-4,13H2. The average molecular weight is 262 g/mol. The third-order valence-corrected chi connectivity index (χ3v) is 2.73. The molecule has 1 aliphatic heterocycles. The van der Waals surface area contributed by atoms with Crippen molar-refractivity contribution >= 4 is 34.9 Å². The molecule has 1 aromatic rings. The van der Waals surface area contributed by atoms with Gasteiger partial charge >= 0.3 is 5.97 Å². The molecular formula is C10H9Cl2NO3. The molecule has 1 aromatic carbocycles. The maximum absolute atomic E-state index is 11.7. The number of esters is 1. The number of carbonyl (C=O) groups is 1. The Kier molecular flexibility index (Phi) is 3.23. The van der Waals surface area contributed by atoms with Crippen LogP contribution >= 0.6 is 23.2 Å². The number of rotatable bonds is 2. The molecule has 86 valence electrons. The average Bonchev–Trinajstić information content (AvgIpc) is 2.17. The van der Waals surface area contributed by atoms with Crippen LogP contribution in [0.2, 0.25) is 10.0 Å². The lowest BCUT2D eigenvalue weighted by molar-refractivity contribution is -0.103. The SMILES string of the molecule is Nc1c(Cl)cc(Cl)cc1C(=O)OC1COC1. The summed E-state index contributed by atoms with van der Waals surface area (Å²) in [6, 6.07) is 2.91. The molecule has 1 fully saturated rings. The number of benzene rings is 1. The zero-order valence-corrected chi connectivity index (χ0v) is 9.72. The number of carbonyl (C=O) groups excluding carboxylic acids is 1. The van der Waals surface area contributed by atoms with Crippen LogP contribution < -0.4 is 5.73 Å². The van der Waals surface area contributed by atoms with Crippen LogP contribution in [0.5, 0.6) is 0 Å². The van der Waals surface area contributed by atoms with Gasteiger partial charge in [0, 0.05) is 5.02 Å². The van der Waals surface area contributed by atoms with Gasteiger partial charge in [-0.3, -0.25) is 0 Å². The van der Waals surface area contributed by atoms with Crippen LogP contribution in [0, 0.1) is 0 Å². The Hall–Kier alpha value is -0.970. The molecule has 16 heavy (non-hydrogen) atoms. The number of halogens is 2. The second-order valence-electron chi connectivity index (χ2n) is 3.41. The maximum Gasteiger partial charge on any atom is 0.340 e. The molecule has 0 atom stereocenters. The van der Waals surface area contributed by atoms with Gasteiger partial charge in [0.25, 0.3) is 0 Å². The molecule has 4 nitrogen and oxygen atoms in total. The number of hydrogen-bond donors (Lipinski definition) is 1. The van der Waals surface area contributed by atoms with E-state index in [9.17, 15) is 4.79 Å². The van der Waals surface area contributed by atoms with Crippen molar-refractivity contribution in [2.75, 3.05) is 18.9 Å². The van der Waals surface area contributed by atoms with E-state index in [-0.39, 0.29) is 22.4 Å². The third-order valence-electron chi connectivity index (χ3n) is 2.20. The van der Waals surface area contributed by atoms with Crippen LogP contribution in [0.1, 0.15) is 10.4 Å². The highest BCUT2D eigenvalue weighted by Gasteiger charge is 2.25. The quantitative estimate of drug-likeness (QED) is 0.655. The van der Waals surface area contributed by atoms with Gasteiger partial charge in [-0.15, -0.1) is 0 Å². The lowest BCUT2D eigenvalue weighted by Crippen LogP contribution is -2.37. The van der Waals surface area contributed by atoms with Crippen LogP contribution in [-0.2, 0) is 9.47 Å². The molecule has 0 aliphatic carbocycles. The van der Waals surface area contributed by atoms with E-state index in [0.717, 1.165) is 0 Å². The molecule has 0 spiro atoms. The minimum absolute atomic E-state index is 0.177. The number of nitrogens with two attached hydrogens (primary N) is 1. The first kappa shape index (κ1) is 11.5. The van der Waals surface area contributed by atoms with Gasteiger partial charge < -0.3 is 15.2 Å². The summed E-state index contributed by atoms with van der Waals surface area (Å²) >= 11 is 11.6. The van der Waals surface area contributed by atoms with Gasteiger partial charge in [-0.1, -0.05) is 23.2 Å². The number of hydrogen-bond acceptors (Lipinski definition) is 4. The van der Waals surface area contributed by atoms with Gasteiger partial charge in [0.1, 0.15) is 6.10 Å². The van der Waals surface area contributed by atoms with E-state index in [0.29, 0.717) is 18.2 Å². The van der Waals surface area contributed by atoms with E-state index < -0.39 is 5.97 Å². The monoisotopic (exact) mass is 261 g/mol. The fourth-order valence-electron chi connectivity index (χ4n) is 1.25. The molecule has 0 saturated carbocycles. The highest BCUT2D eigenvalue weighted by molar-refractivity contribution is 6.37. The Balaban J connectivity index is 2.21. The fourth-order valence-corrected chi connectivity index (χ4v) is 1.74.